The first-order chi connectivity index (χ1) is 6.65. The highest BCUT2D eigenvalue weighted by Crippen LogP contribution is 2.36. The smallest absolute Gasteiger partial charge is 0.197 e. The molecule has 1 nitrogen and oxygen atoms in total. The molecule has 2 heteroatoms. The highest BCUT2D eigenvalue weighted by molar-refractivity contribution is 6.73. The minimum Gasteiger partial charge on any atom is -0.420 e. The lowest BCUT2D eigenvalue weighted by Gasteiger charge is -2.27. The second-order valence-corrected chi connectivity index (χ2v) is 8.51. The Balaban J connectivity index is 2.40. The van der Waals surface area contributed by atoms with Crippen LogP contribution in [0.3, 0.4) is 0 Å². The first-order valence-corrected chi connectivity index (χ1v) is 7.96. The number of fused-ring (bicyclic) bond motifs is 1. The summed E-state index contributed by atoms with van der Waals surface area (Å²) in [6, 6.07) is 8.59. The summed E-state index contributed by atoms with van der Waals surface area (Å²) in [5.74, 6) is 0. The fourth-order valence-electron chi connectivity index (χ4n) is 1.98. The van der Waals surface area contributed by atoms with E-state index in [4.69, 9.17) is 4.43 Å². The summed E-state index contributed by atoms with van der Waals surface area (Å²) in [5, 5.41) is 0. The van der Waals surface area contributed by atoms with Gasteiger partial charge in [0, 0.05) is 12.7 Å². The zero-order valence-electron chi connectivity index (χ0n) is 8.95. The van der Waals surface area contributed by atoms with Crippen LogP contribution in [0.5, 0.6) is 0 Å². The van der Waals surface area contributed by atoms with Crippen molar-refractivity contribution in [2.75, 3.05) is 7.11 Å². The van der Waals surface area contributed by atoms with Crippen molar-refractivity contribution in [1.82, 2.24) is 0 Å². The minimum atomic E-state index is -1.58. The summed E-state index contributed by atoms with van der Waals surface area (Å²) in [4.78, 5) is 0. The Morgan fingerprint density at radius 3 is 2.64 bits per heavy atom. The molecule has 0 amide bonds. The van der Waals surface area contributed by atoms with E-state index in [1.165, 1.54) is 11.1 Å². The predicted molar refractivity (Wildman–Crippen MR) is 62.7 cm³/mol. The molecule has 0 saturated carbocycles. The molecule has 0 aromatic heterocycles. The van der Waals surface area contributed by atoms with Crippen molar-refractivity contribution in [2.24, 2.45) is 0 Å². The number of hydrogen-bond donors (Lipinski definition) is 0. The van der Waals surface area contributed by atoms with Gasteiger partial charge >= 0.3 is 0 Å². The third-order valence-corrected chi connectivity index (χ3v) is 6.13. The summed E-state index contributed by atoms with van der Waals surface area (Å²) >= 11 is 0. The molecular weight excluding hydrogens is 188 g/mol. The Morgan fingerprint density at radius 1 is 1.21 bits per heavy atom. The molecule has 0 saturated heterocycles. The lowest BCUT2D eigenvalue weighted by Crippen LogP contribution is -2.35. The Labute approximate surface area is 86.5 Å². The minimum absolute atomic E-state index is 0.517. The van der Waals surface area contributed by atoms with Crippen LogP contribution in [0.25, 0.3) is 6.08 Å². The Kier molecular flexibility index (Phi) is 2.33. The van der Waals surface area contributed by atoms with Crippen LogP contribution in [0.15, 0.2) is 30.3 Å². The van der Waals surface area contributed by atoms with Gasteiger partial charge in [-0.25, -0.2) is 0 Å². The van der Waals surface area contributed by atoms with E-state index >= 15 is 0 Å². The second-order valence-electron chi connectivity index (χ2n) is 4.27. The van der Waals surface area contributed by atoms with Crippen LogP contribution in [0.1, 0.15) is 16.7 Å². The van der Waals surface area contributed by atoms with Gasteiger partial charge in [-0.3, -0.25) is 0 Å². The van der Waals surface area contributed by atoms with Gasteiger partial charge in [-0.1, -0.05) is 36.4 Å². The molecule has 0 radical (unpaired) electrons. The van der Waals surface area contributed by atoms with Crippen molar-refractivity contribution >= 4 is 14.4 Å². The van der Waals surface area contributed by atoms with Gasteiger partial charge < -0.3 is 4.43 Å². The summed E-state index contributed by atoms with van der Waals surface area (Å²) in [6.07, 6.45) is 4.51. The van der Waals surface area contributed by atoms with Crippen molar-refractivity contribution in [2.45, 2.75) is 18.6 Å². The molecule has 1 aromatic rings. The number of hydrogen-bond acceptors (Lipinski definition) is 1. The van der Waals surface area contributed by atoms with Crippen LogP contribution in [0.2, 0.25) is 13.1 Å². The van der Waals surface area contributed by atoms with Crippen LogP contribution < -0.4 is 0 Å². The summed E-state index contributed by atoms with van der Waals surface area (Å²) in [6.45, 7) is 4.54. The zero-order chi connectivity index (χ0) is 10.2. The third-order valence-electron chi connectivity index (χ3n) is 3.07. The Hall–Kier alpha value is -0.863. The normalized spacial score (nSPS) is 19.8. The van der Waals surface area contributed by atoms with Crippen LogP contribution >= 0.6 is 0 Å². The largest absolute Gasteiger partial charge is 0.420 e. The average Bonchev–Trinajstić information content (AvgIpc) is 2.61. The molecule has 1 unspecified atom stereocenters. The maximum Gasteiger partial charge on any atom is 0.197 e. The quantitative estimate of drug-likeness (QED) is 0.672. The van der Waals surface area contributed by atoms with E-state index < -0.39 is 8.32 Å². The van der Waals surface area contributed by atoms with Crippen LogP contribution in [-0.4, -0.2) is 15.4 Å². The van der Waals surface area contributed by atoms with Gasteiger partial charge in [0.05, 0.1) is 0 Å². The van der Waals surface area contributed by atoms with E-state index in [9.17, 15) is 0 Å². The molecule has 0 heterocycles. The van der Waals surface area contributed by atoms with E-state index in [-0.39, 0.29) is 0 Å². The predicted octanol–water partition coefficient (Wildman–Crippen LogP) is 3.19. The zero-order valence-corrected chi connectivity index (χ0v) is 9.95. The highest BCUT2D eigenvalue weighted by Gasteiger charge is 2.35. The van der Waals surface area contributed by atoms with Crippen molar-refractivity contribution in [3.8, 4) is 0 Å². The maximum atomic E-state index is 5.67. The van der Waals surface area contributed by atoms with Crippen molar-refractivity contribution in [3.05, 3.63) is 41.5 Å². The molecule has 74 valence electrons. The lowest BCUT2D eigenvalue weighted by atomic mass is 10.1. The Bertz CT molecular complexity index is 368. The van der Waals surface area contributed by atoms with Gasteiger partial charge in [0.2, 0.25) is 0 Å². The van der Waals surface area contributed by atoms with Crippen molar-refractivity contribution in [1.29, 1.82) is 0 Å². The maximum absolute atomic E-state index is 5.67. The highest BCUT2D eigenvalue weighted by atomic mass is 28.4. The molecule has 0 N–H and O–H groups in total. The molecule has 1 aliphatic carbocycles. The second kappa shape index (κ2) is 3.37. The molecule has 1 aliphatic rings. The molecular formula is C12H16OSi. The molecule has 14 heavy (non-hydrogen) atoms. The third kappa shape index (κ3) is 1.45. The summed E-state index contributed by atoms with van der Waals surface area (Å²) in [5.41, 5.74) is 3.31. The van der Waals surface area contributed by atoms with Gasteiger partial charge in [0.25, 0.3) is 0 Å². The molecule has 1 atom stereocenters. The van der Waals surface area contributed by atoms with Crippen molar-refractivity contribution < 1.29 is 4.43 Å². The molecule has 0 spiro atoms. The van der Waals surface area contributed by atoms with E-state index in [0.717, 1.165) is 0 Å². The summed E-state index contributed by atoms with van der Waals surface area (Å²) < 4.78 is 5.67. The fraction of sp³-hybridized carbons (Fsp3) is 0.333. The SMILES string of the molecule is CO[Si](C)(C)C1C=Cc2ccccc21. The van der Waals surface area contributed by atoms with Gasteiger partial charge in [-0.15, -0.1) is 0 Å². The van der Waals surface area contributed by atoms with Crippen LogP contribution in [-0.2, 0) is 4.43 Å². The number of allylic oxidation sites excluding steroid dienone is 1. The first kappa shape index (κ1) is 9.68. The standard InChI is InChI=1S/C12H16OSi/c1-13-14(2,3)12-9-8-10-6-4-5-7-11(10)12/h4-9,12H,1-3H3. The first-order valence-electron chi connectivity index (χ1n) is 4.97. The van der Waals surface area contributed by atoms with Gasteiger partial charge in [0.1, 0.15) is 0 Å². The topological polar surface area (TPSA) is 9.23 Å². The van der Waals surface area contributed by atoms with E-state index in [2.05, 4.69) is 49.5 Å². The molecule has 0 aliphatic heterocycles. The van der Waals surface area contributed by atoms with Gasteiger partial charge in [-0.05, 0) is 24.2 Å². The molecule has 0 fully saturated rings. The average molecular weight is 204 g/mol. The van der Waals surface area contributed by atoms with E-state index in [1.54, 1.807) is 0 Å². The van der Waals surface area contributed by atoms with Crippen molar-refractivity contribution in [3.63, 3.8) is 0 Å². The van der Waals surface area contributed by atoms with Crippen LogP contribution in [0, 0.1) is 0 Å². The fourth-order valence-corrected chi connectivity index (χ4v) is 3.81. The van der Waals surface area contributed by atoms with E-state index in [1.807, 2.05) is 7.11 Å². The molecule has 0 bridgehead atoms. The summed E-state index contributed by atoms with van der Waals surface area (Å²) in [7, 11) is 0.252. The van der Waals surface area contributed by atoms with Gasteiger partial charge in [-0.2, -0.15) is 0 Å². The lowest BCUT2D eigenvalue weighted by molar-refractivity contribution is 0.398. The van der Waals surface area contributed by atoms with Crippen LogP contribution in [0.4, 0.5) is 0 Å². The number of benzene rings is 1. The van der Waals surface area contributed by atoms with Gasteiger partial charge in [0.15, 0.2) is 8.32 Å². The monoisotopic (exact) mass is 204 g/mol. The molecule has 2 rings (SSSR count). The molecule has 1 aromatic carbocycles. The van der Waals surface area contributed by atoms with E-state index in [0.29, 0.717) is 5.54 Å². The number of rotatable bonds is 2. The Morgan fingerprint density at radius 2 is 1.93 bits per heavy atom.